The second-order valence-electron chi connectivity index (χ2n) is 4.29. The molecule has 0 saturated carbocycles. The fourth-order valence-corrected chi connectivity index (χ4v) is 1.52. The smallest absolute Gasteiger partial charge is 0.318 e. The van der Waals surface area contributed by atoms with Crippen LogP contribution in [0, 0.1) is 0 Å². The van der Waals surface area contributed by atoms with Gasteiger partial charge in [0.05, 0.1) is 6.54 Å². The summed E-state index contributed by atoms with van der Waals surface area (Å²) in [4.78, 5) is 40.5. The monoisotopic (exact) mass is 289 g/mol. The second-order valence-corrected chi connectivity index (χ2v) is 4.29. The Kier molecular flexibility index (Phi) is 6.13. The number of carbonyl (C=O) groups is 2. The number of rotatable bonds is 4. The first-order valence-electron chi connectivity index (χ1n) is 6.35. The van der Waals surface area contributed by atoms with Gasteiger partial charge in [0.25, 0.3) is 5.91 Å². The number of hydroxylamine groups is 2. The normalized spacial score (nSPS) is 10.2. The van der Waals surface area contributed by atoms with Gasteiger partial charge in [-0.3, -0.25) is 9.59 Å². The average molecular weight is 289 g/mol. The molecule has 0 N–H and O–H groups in total. The van der Waals surface area contributed by atoms with Gasteiger partial charge in [-0.2, -0.15) is 5.06 Å². The zero-order chi connectivity index (χ0) is 15.8. The van der Waals surface area contributed by atoms with E-state index in [-0.39, 0.29) is 6.54 Å². The molecule has 1 radical (unpaired) electrons. The van der Waals surface area contributed by atoms with Crippen LogP contribution >= 0.6 is 0 Å². The Hall–Kier alpha value is -2.63. The number of benzene rings is 1. The molecule has 0 saturated heterocycles. The van der Waals surface area contributed by atoms with Crippen molar-refractivity contribution < 1.29 is 19.2 Å². The van der Waals surface area contributed by atoms with Crippen LogP contribution in [0.1, 0.15) is 22.8 Å². The van der Waals surface area contributed by atoms with E-state index in [2.05, 4.69) is 0 Å². The molecule has 111 valence electrons. The van der Waals surface area contributed by atoms with Crippen molar-refractivity contribution in [2.45, 2.75) is 6.92 Å². The quantitative estimate of drug-likeness (QED) is 0.627. The molecule has 0 aromatic heterocycles. The standard InChI is InChI=1S/C15H17N2O4/c1-4-17(21-15(20)16(2)3)14(19)13-10-6-5-8-12(13)9-7-11-18/h5-10H,4H2,1-3H3/b9-7+. The summed E-state index contributed by atoms with van der Waals surface area (Å²) in [5.41, 5.74) is 0.877. The molecular weight excluding hydrogens is 272 g/mol. The van der Waals surface area contributed by atoms with Crippen molar-refractivity contribution in [1.29, 1.82) is 0 Å². The third kappa shape index (κ3) is 4.45. The van der Waals surface area contributed by atoms with E-state index in [9.17, 15) is 14.4 Å². The van der Waals surface area contributed by atoms with Crippen molar-refractivity contribution in [3.63, 3.8) is 0 Å². The van der Waals surface area contributed by atoms with Crippen LogP contribution in [0.15, 0.2) is 30.3 Å². The Morgan fingerprint density at radius 3 is 2.52 bits per heavy atom. The minimum absolute atomic E-state index is 0.205. The van der Waals surface area contributed by atoms with Gasteiger partial charge >= 0.3 is 6.09 Å². The molecule has 6 heteroatoms. The summed E-state index contributed by atoms with van der Waals surface area (Å²) in [5.74, 6) is -0.459. The highest BCUT2D eigenvalue weighted by Crippen LogP contribution is 2.14. The number of carbonyl (C=O) groups excluding carboxylic acids is 3. The molecule has 0 bridgehead atoms. The molecule has 21 heavy (non-hydrogen) atoms. The third-order valence-corrected chi connectivity index (χ3v) is 2.59. The molecule has 0 fully saturated rings. The van der Waals surface area contributed by atoms with Crippen molar-refractivity contribution in [3.8, 4) is 0 Å². The van der Waals surface area contributed by atoms with Crippen LogP contribution in [0.3, 0.4) is 0 Å². The van der Waals surface area contributed by atoms with Gasteiger partial charge in [-0.15, -0.1) is 0 Å². The largest absolute Gasteiger partial charge is 0.433 e. The highest BCUT2D eigenvalue weighted by molar-refractivity contribution is 5.98. The van der Waals surface area contributed by atoms with E-state index in [1.165, 1.54) is 31.1 Å². The molecule has 0 aliphatic rings. The summed E-state index contributed by atoms with van der Waals surface area (Å²) in [5, 5.41) is 0.972. The van der Waals surface area contributed by atoms with Gasteiger partial charge in [0.15, 0.2) is 0 Å². The number of hydrogen-bond donors (Lipinski definition) is 0. The SMILES string of the molecule is CCN(OC(=O)N(C)C)C(=O)c1ccccc1/C=C/[C]=O. The summed E-state index contributed by atoms with van der Waals surface area (Å²) >= 11 is 0. The maximum atomic E-state index is 12.4. The lowest BCUT2D eigenvalue weighted by molar-refractivity contribution is -0.0754. The molecule has 1 aromatic carbocycles. The van der Waals surface area contributed by atoms with E-state index in [0.717, 1.165) is 5.06 Å². The minimum atomic E-state index is -0.639. The highest BCUT2D eigenvalue weighted by Gasteiger charge is 2.21. The van der Waals surface area contributed by atoms with Gasteiger partial charge in [0.1, 0.15) is 0 Å². The van der Waals surface area contributed by atoms with E-state index < -0.39 is 12.0 Å². The first kappa shape index (κ1) is 16.4. The molecule has 6 nitrogen and oxygen atoms in total. The lowest BCUT2D eigenvalue weighted by Crippen LogP contribution is -2.37. The van der Waals surface area contributed by atoms with Crippen LogP contribution in [0.4, 0.5) is 4.79 Å². The molecule has 0 heterocycles. The van der Waals surface area contributed by atoms with E-state index in [0.29, 0.717) is 11.1 Å². The Morgan fingerprint density at radius 1 is 1.29 bits per heavy atom. The zero-order valence-electron chi connectivity index (χ0n) is 12.2. The number of nitrogens with zero attached hydrogens (tertiary/aromatic N) is 2. The Balaban J connectivity index is 3.02. The second kappa shape index (κ2) is 7.84. The van der Waals surface area contributed by atoms with Gasteiger partial charge in [-0.05, 0) is 24.6 Å². The van der Waals surface area contributed by atoms with Crippen LogP contribution in [0.25, 0.3) is 6.08 Å². The maximum absolute atomic E-state index is 12.4. The summed E-state index contributed by atoms with van der Waals surface area (Å²) in [6.07, 6.45) is 3.63. The van der Waals surface area contributed by atoms with Crippen LogP contribution in [0.5, 0.6) is 0 Å². The lowest BCUT2D eigenvalue weighted by atomic mass is 10.1. The predicted molar refractivity (Wildman–Crippen MR) is 78.0 cm³/mol. The fraction of sp³-hybridized carbons (Fsp3) is 0.267. The summed E-state index contributed by atoms with van der Waals surface area (Å²) in [7, 11) is 3.05. The molecule has 0 unspecified atom stereocenters. The average Bonchev–Trinajstić information content (AvgIpc) is 2.49. The van der Waals surface area contributed by atoms with Crippen LogP contribution < -0.4 is 0 Å². The van der Waals surface area contributed by atoms with Crippen molar-refractivity contribution in [2.24, 2.45) is 0 Å². The van der Waals surface area contributed by atoms with Gasteiger partial charge in [0, 0.05) is 19.7 Å². The van der Waals surface area contributed by atoms with Gasteiger partial charge in [-0.1, -0.05) is 24.3 Å². The van der Waals surface area contributed by atoms with Crippen molar-refractivity contribution >= 4 is 24.4 Å². The van der Waals surface area contributed by atoms with E-state index in [1.54, 1.807) is 37.5 Å². The molecule has 1 aromatic rings. The van der Waals surface area contributed by atoms with Gasteiger partial charge < -0.3 is 9.74 Å². The zero-order valence-corrected chi connectivity index (χ0v) is 12.2. The molecule has 1 rings (SSSR count). The Morgan fingerprint density at radius 2 is 1.95 bits per heavy atom. The molecule has 0 aliphatic carbocycles. The molecular formula is C15H17N2O4. The van der Waals surface area contributed by atoms with Crippen LogP contribution in [-0.4, -0.2) is 48.9 Å². The fourth-order valence-electron chi connectivity index (χ4n) is 1.52. The van der Waals surface area contributed by atoms with E-state index in [4.69, 9.17) is 4.84 Å². The van der Waals surface area contributed by atoms with Gasteiger partial charge in [-0.25, -0.2) is 4.79 Å². The third-order valence-electron chi connectivity index (χ3n) is 2.59. The minimum Gasteiger partial charge on any atom is -0.318 e. The first-order chi connectivity index (χ1) is 10.0. The van der Waals surface area contributed by atoms with Crippen LogP contribution in [0.2, 0.25) is 0 Å². The van der Waals surface area contributed by atoms with E-state index in [1.807, 2.05) is 0 Å². The van der Waals surface area contributed by atoms with E-state index >= 15 is 0 Å². The lowest BCUT2D eigenvalue weighted by Gasteiger charge is -2.22. The van der Waals surface area contributed by atoms with Gasteiger partial charge in [0.2, 0.25) is 6.29 Å². The Labute approximate surface area is 123 Å². The van der Waals surface area contributed by atoms with Crippen LogP contribution in [-0.2, 0) is 9.63 Å². The molecule has 0 aliphatic heterocycles. The topological polar surface area (TPSA) is 66.9 Å². The molecule has 0 spiro atoms. The van der Waals surface area contributed by atoms with Crippen molar-refractivity contribution in [1.82, 2.24) is 9.96 Å². The molecule has 0 atom stereocenters. The number of allylic oxidation sites excluding steroid dienone is 1. The number of hydrogen-bond acceptors (Lipinski definition) is 4. The first-order valence-corrected chi connectivity index (χ1v) is 6.35. The number of amides is 2. The Bertz CT molecular complexity index is 552. The summed E-state index contributed by atoms with van der Waals surface area (Å²) < 4.78 is 0. The molecule has 2 amide bonds. The predicted octanol–water partition coefficient (Wildman–Crippen LogP) is 1.88. The van der Waals surface area contributed by atoms with Crippen molar-refractivity contribution in [3.05, 3.63) is 41.5 Å². The van der Waals surface area contributed by atoms with Crippen molar-refractivity contribution in [2.75, 3.05) is 20.6 Å². The summed E-state index contributed by atoms with van der Waals surface area (Å²) in [6, 6.07) is 6.71. The highest BCUT2D eigenvalue weighted by atomic mass is 16.7. The summed E-state index contributed by atoms with van der Waals surface area (Å²) in [6.45, 7) is 1.90. The maximum Gasteiger partial charge on any atom is 0.433 e.